The van der Waals surface area contributed by atoms with Crippen molar-refractivity contribution >= 4 is 17.9 Å². The number of likely N-dealkylation sites (N-methyl/N-ethyl adjacent to an activating group) is 1. The lowest BCUT2D eigenvalue weighted by Gasteiger charge is -2.40. The third-order valence-corrected chi connectivity index (χ3v) is 5.75. The minimum atomic E-state index is -0.579. The zero-order valence-electron chi connectivity index (χ0n) is 19.0. The zero-order valence-corrected chi connectivity index (χ0v) is 19.0. The van der Waals surface area contributed by atoms with Gasteiger partial charge in [-0.25, -0.2) is 9.59 Å². The average Bonchev–Trinajstić information content (AvgIpc) is 2.80. The summed E-state index contributed by atoms with van der Waals surface area (Å²) in [6.45, 7) is 7.25. The Balaban J connectivity index is 1.90. The molecule has 1 fully saturated rings. The normalized spacial score (nSPS) is 19.7. The number of rotatable bonds is 8. The van der Waals surface area contributed by atoms with Gasteiger partial charge in [0.25, 0.3) is 0 Å². The summed E-state index contributed by atoms with van der Waals surface area (Å²) in [6.07, 6.45) is 0. The Morgan fingerprint density at radius 3 is 2.38 bits per heavy atom. The van der Waals surface area contributed by atoms with Crippen LogP contribution in [0.4, 0.5) is 4.79 Å². The predicted octanol–water partition coefficient (Wildman–Crippen LogP) is 1.38. The molecular weight excluding hydrogens is 412 g/mol. The number of nitrogens with one attached hydrogen (secondary N) is 1. The maximum atomic E-state index is 13.1. The van der Waals surface area contributed by atoms with Gasteiger partial charge in [-0.2, -0.15) is 0 Å². The molecule has 0 aromatic heterocycles. The molecule has 1 unspecified atom stereocenters. The molecule has 1 N–H and O–H groups in total. The van der Waals surface area contributed by atoms with Crippen molar-refractivity contribution in [2.45, 2.75) is 19.9 Å². The number of esters is 1. The molecule has 2 heterocycles. The Labute approximate surface area is 188 Å². The van der Waals surface area contributed by atoms with Crippen LogP contribution in [0, 0.1) is 0 Å². The van der Waals surface area contributed by atoms with E-state index in [0.717, 1.165) is 5.56 Å². The Morgan fingerprint density at radius 2 is 1.78 bits per heavy atom. The summed E-state index contributed by atoms with van der Waals surface area (Å²) < 4.78 is 10.3. The van der Waals surface area contributed by atoms with E-state index in [2.05, 4.69) is 10.2 Å². The lowest BCUT2D eigenvalue weighted by Crippen LogP contribution is -2.54. The number of ether oxygens (including phenoxy) is 2. The molecule has 1 saturated heterocycles. The Kier molecular flexibility index (Phi) is 8.24. The van der Waals surface area contributed by atoms with Crippen molar-refractivity contribution in [1.82, 2.24) is 20.0 Å². The third kappa shape index (κ3) is 5.28. The number of benzene rings is 1. The second-order valence-corrected chi connectivity index (χ2v) is 7.71. The molecular formula is C23H32N4O5. The van der Waals surface area contributed by atoms with E-state index in [1.807, 2.05) is 37.3 Å². The first-order chi connectivity index (χ1) is 15.5. The molecule has 0 spiro atoms. The highest BCUT2D eigenvalue weighted by Crippen LogP contribution is 2.32. The summed E-state index contributed by atoms with van der Waals surface area (Å²) in [5.41, 5.74) is 1.93. The van der Waals surface area contributed by atoms with Gasteiger partial charge in [-0.3, -0.25) is 14.6 Å². The quantitative estimate of drug-likeness (QED) is 0.609. The van der Waals surface area contributed by atoms with Gasteiger partial charge in [0.05, 0.1) is 18.2 Å². The fraction of sp³-hybridized carbons (Fsp3) is 0.522. The van der Waals surface area contributed by atoms with E-state index in [1.165, 1.54) is 7.11 Å². The van der Waals surface area contributed by atoms with Crippen LogP contribution in [0.2, 0.25) is 0 Å². The molecule has 2 aliphatic heterocycles. The zero-order chi connectivity index (χ0) is 23.1. The number of amides is 3. The lowest BCUT2D eigenvalue weighted by molar-refractivity contribution is -0.139. The first-order valence-electron chi connectivity index (χ1n) is 11.0. The standard InChI is InChI=1S/C23H32N4O5/c1-4-27-18(15-25-11-13-26(14-12-25)19(28)16-31-3)20(22(29)32-5-2)21(24-23(27)30)17-9-7-6-8-10-17/h6-10,21H,4-5,11-16H2,1-3H3,(H,24,30). The van der Waals surface area contributed by atoms with Gasteiger partial charge in [-0.1, -0.05) is 30.3 Å². The van der Waals surface area contributed by atoms with Crippen LogP contribution in [0.3, 0.4) is 0 Å². The molecule has 9 nitrogen and oxygen atoms in total. The number of methoxy groups -OCH3 is 1. The van der Waals surface area contributed by atoms with Crippen molar-refractivity contribution < 1.29 is 23.9 Å². The van der Waals surface area contributed by atoms with Crippen molar-refractivity contribution in [3.05, 3.63) is 47.2 Å². The summed E-state index contributed by atoms with van der Waals surface area (Å²) in [7, 11) is 1.51. The molecule has 1 atom stereocenters. The predicted molar refractivity (Wildman–Crippen MR) is 119 cm³/mol. The van der Waals surface area contributed by atoms with Crippen LogP contribution < -0.4 is 5.32 Å². The first kappa shape index (κ1) is 23.7. The lowest BCUT2D eigenvalue weighted by atomic mass is 9.94. The van der Waals surface area contributed by atoms with Crippen LogP contribution >= 0.6 is 0 Å². The highest BCUT2D eigenvalue weighted by atomic mass is 16.5. The van der Waals surface area contributed by atoms with Crippen LogP contribution in [-0.4, -0.2) is 92.2 Å². The fourth-order valence-corrected chi connectivity index (χ4v) is 4.14. The minimum absolute atomic E-state index is 0.0325. The second kappa shape index (κ2) is 11.1. The van der Waals surface area contributed by atoms with Gasteiger partial charge >= 0.3 is 12.0 Å². The smallest absolute Gasteiger partial charge is 0.338 e. The third-order valence-electron chi connectivity index (χ3n) is 5.75. The van der Waals surface area contributed by atoms with Gasteiger partial charge in [0, 0.05) is 52.1 Å². The monoisotopic (exact) mass is 444 g/mol. The van der Waals surface area contributed by atoms with Crippen molar-refractivity contribution in [2.24, 2.45) is 0 Å². The number of hydrogen-bond donors (Lipinski definition) is 1. The molecule has 1 aromatic carbocycles. The Hall–Kier alpha value is -2.91. The summed E-state index contributed by atoms with van der Waals surface area (Å²) in [5.74, 6) is -0.460. The average molecular weight is 445 g/mol. The number of carbonyl (C=O) groups is 3. The number of urea groups is 1. The first-order valence-corrected chi connectivity index (χ1v) is 11.0. The minimum Gasteiger partial charge on any atom is -0.463 e. The van der Waals surface area contributed by atoms with Crippen LogP contribution in [-0.2, 0) is 19.1 Å². The Bertz CT molecular complexity index is 849. The van der Waals surface area contributed by atoms with E-state index in [1.54, 1.807) is 16.7 Å². The van der Waals surface area contributed by atoms with E-state index in [9.17, 15) is 14.4 Å². The van der Waals surface area contributed by atoms with Gasteiger partial charge in [-0.05, 0) is 19.4 Å². The van der Waals surface area contributed by atoms with Gasteiger partial charge in [-0.15, -0.1) is 0 Å². The number of piperazine rings is 1. The van der Waals surface area contributed by atoms with E-state index in [4.69, 9.17) is 9.47 Å². The molecule has 32 heavy (non-hydrogen) atoms. The molecule has 2 aliphatic rings. The topological polar surface area (TPSA) is 91.4 Å². The van der Waals surface area contributed by atoms with Crippen molar-refractivity contribution in [1.29, 1.82) is 0 Å². The van der Waals surface area contributed by atoms with Crippen molar-refractivity contribution in [2.75, 3.05) is 59.6 Å². The van der Waals surface area contributed by atoms with E-state index in [-0.39, 0.29) is 25.2 Å². The number of nitrogens with zero attached hydrogens (tertiary/aromatic N) is 3. The highest BCUT2D eigenvalue weighted by molar-refractivity contribution is 5.95. The molecule has 1 aromatic rings. The number of hydrogen-bond acceptors (Lipinski definition) is 6. The highest BCUT2D eigenvalue weighted by Gasteiger charge is 2.38. The molecule has 0 saturated carbocycles. The number of carbonyl (C=O) groups excluding carboxylic acids is 3. The SMILES string of the molecule is CCOC(=O)C1=C(CN2CCN(C(=O)COC)CC2)N(CC)C(=O)NC1c1ccccc1. The summed E-state index contributed by atoms with van der Waals surface area (Å²) in [4.78, 5) is 43.7. The van der Waals surface area contributed by atoms with Crippen LogP contribution in [0.15, 0.2) is 41.6 Å². The van der Waals surface area contributed by atoms with Gasteiger partial charge in [0.1, 0.15) is 6.61 Å². The van der Waals surface area contributed by atoms with Crippen molar-refractivity contribution in [3.63, 3.8) is 0 Å². The summed E-state index contributed by atoms with van der Waals surface area (Å²) in [6, 6.07) is 8.63. The largest absolute Gasteiger partial charge is 0.463 e. The molecule has 9 heteroatoms. The van der Waals surface area contributed by atoms with E-state index < -0.39 is 12.0 Å². The van der Waals surface area contributed by atoms with Crippen LogP contribution in [0.5, 0.6) is 0 Å². The van der Waals surface area contributed by atoms with Gasteiger partial charge in [0.15, 0.2) is 0 Å². The Morgan fingerprint density at radius 1 is 1.09 bits per heavy atom. The summed E-state index contributed by atoms with van der Waals surface area (Å²) in [5, 5.41) is 2.97. The van der Waals surface area contributed by atoms with Gasteiger partial charge < -0.3 is 19.7 Å². The van der Waals surface area contributed by atoms with Crippen LogP contribution in [0.1, 0.15) is 25.5 Å². The van der Waals surface area contributed by atoms with E-state index >= 15 is 0 Å². The molecule has 0 aliphatic carbocycles. The molecule has 0 radical (unpaired) electrons. The molecule has 3 amide bonds. The van der Waals surface area contributed by atoms with Crippen molar-refractivity contribution in [3.8, 4) is 0 Å². The van der Waals surface area contributed by atoms with Gasteiger partial charge in [0.2, 0.25) is 5.91 Å². The maximum absolute atomic E-state index is 13.1. The van der Waals surface area contributed by atoms with E-state index in [0.29, 0.717) is 50.5 Å². The molecule has 3 rings (SSSR count). The maximum Gasteiger partial charge on any atom is 0.338 e. The van der Waals surface area contributed by atoms with Crippen LogP contribution in [0.25, 0.3) is 0 Å². The molecule has 0 bridgehead atoms. The fourth-order valence-electron chi connectivity index (χ4n) is 4.14. The summed E-state index contributed by atoms with van der Waals surface area (Å²) >= 11 is 0. The second-order valence-electron chi connectivity index (χ2n) is 7.71. The molecule has 174 valence electrons.